The van der Waals surface area contributed by atoms with Gasteiger partial charge in [-0.2, -0.15) is 0 Å². The van der Waals surface area contributed by atoms with E-state index < -0.39 is 16.0 Å². The number of ether oxygens (including phenoxy) is 1. The molecule has 2 aromatic rings. The molecule has 1 heterocycles. The number of aliphatic imine (C=N–C) groups is 1. The van der Waals surface area contributed by atoms with Crippen LogP contribution in [0.2, 0.25) is 5.02 Å². The average molecular weight is 391 g/mol. The average Bonchev–Trinajstić information content (AvgIpc) is 2.88. The third-order valence-electron chi connectivity index (χ3n) is 3.53. The largest absolute Gasteiger partial charge is 0.461 e. The Morgan fingerprint density at radius 3 is 2.81 bits per heavy atom. The van der Waals surface area contributed by atoms with Gasteiger partial charge in [0, 0.05) is 16.7 Å². The van der Waals surface area contributed by atoms with E-state index in [0.717, 1.165) is 5.56 Å². The van der Waals surface area contributed by atoms with Crippen LogP contribution in [0.1, 0.15) is 11.1 Å². The Hall–Kier alpha value is -2.64. The number of esters is 1. The van der Waals surface area contributed by atoms with E-state index >= 15 is 0 Å². The van der Waals surface area contributed by atoms with Crippen LogP contribution in [-0.4, -0.2) is 33.4 Å². The lowest BCUT2D eigenvalue weighted by Crippen LogP contribution is -2.22. The molecule has 1 aliphatic heterocycles. The van der Waals surface area contributed by atoms with E-state index in [1.165, 1.54) is 12.1 Å². The number of carbonyl (C=O) groups excluding carboxylic acids is 1. The molecule has 0 radical (unpaired) electrons. The molecule has 0 unspecified atom stereocenters. The Balaban J connectivity index is 1.54. The fraction of sp³-hybridized carbons (Fsp3) is 0.111. The van der Waals surface area contributed by atoms with Crippen molar-refractivity contribution < 1.29 is 17.9 Å². The summed E-state index contributed by atoms with van der Waals surface area (Å²) in [4.78, 5) is 16.1. The van der Waals surface area contributed by atoms with E-state index in [4.69, 9.17) is 16.3 Å². The fourth-order valence-corrected chi connectivity index (χ4v) is 3.83. The molecule has 0 saturated heterocycles. The maximum absolute atomic E-state index is 12.0. The van der Waals surface area contributed by atoms with Gasteiger partial charge in [0.05, 0.1) is 11.4 Å². The number of benzene rings is 2. The summed E-state index contributed by atoms with van der Waals surface area (Å²) in [5.74, 6) is -0.260. The molecule has 0 amide bonds. The first-order valence-corrected chi connectivity index (χ1v) is 9.59. The Labute approximate surface area is 156 Å². The summed E-state index contributed by atoms with van der Waals surface area (Å²) < 4.78 is 31.3. The summed E-state index contributed by atoms with van der Waals surface area (Å²) in [7, 11) is -3.56. The number of hydrogen-bond donors (Lipinski definition) is 1. The van der Waals surface area contributed by atoms with Crippen LogP contribution in [0, 0.1) is 0 Å². The molecule has 0 aromatic heterocycles. The molecule has 1 aliphatic rings. The van der Waals surface area contributed by atoms with Gasteiger partial charge in [-0.15, -0.1) is 0 Å². The van der Waals surface area contributed by atoms with Gasteiger partial charge in [-0.3, -0.25) is 9.71 Å². The Bertz CT molecular complexity index is 1000. The van der Waals surface area contributed by atoms with Gasteiger partial charge in [0.15, 0.2) is 0 Å². The molecule has 0 atom stereocenters. The standard InChI is InChI=1S/C18H15ClN2O4S/c19-14-5-3-4-13(12-14)8-9-17(22)25-11-10-20-18-15-6-1-2-7-16(15)26(23,24)21-18/h1-9,12H,10-11H2,(H,20,21). The van der Waals surface area contributed by atoms with E-state index in [1.54, 1.807) is 42.5 Å². The lowest BCUT2D eigenvalue weighted by Gasteiger charge is -2.01. The van der Waals surface area contributed by atoms with Gasteiger partial charge in [0.2, 0.25) is 0 Å². The molecule has 6 nitrogen and oxygen atoms in total. The molecule has 3 rings (SSSR count). The van der Waals surface area contributed by atoms with Crippen molar-refractivity contribution in [3.05, 3.63) is 70.8 Å². The molecule has 2 aromatic carbocycles. The van der Waals surface area contributed by atoms with Gasteiger partial charge in [-0.05, 0) is 35.9 Å². The maximum atomic E-state index is 12.0. The Morgan fingerprint density at radius 2 is 2.00 bits per heavy atom. The maximum Gasteiger partial charge on any atom is 0.330 e. The van der Waals surface area contributed by atoms with Crippen molar-refractivity contribution in [2.45, 2.75) is 4.90 Å². The summed E-state index contributed by atoms with van der Waals surface area (Å²) >= 11 is 5.87. The van der Waals surface area contributed by atoms with Crippen molar-refractivity contribution in [2.75, 3.05) is 13.2 Å². The van der Waals surface area contributed by atoms with Crippen molar-refractivity contribution >= 4 is 39.5 Å². The van der Waals surface area contributed by atoms with Gasteiger partial charge in [0.1, 0.15) is 12.4 Å². The molecule has 134 valence electrons. The summed E-state index contributed by atoms with van der Waals surface area (Å²) in [6, 6.07) is 13.6. The third-order valence-corrected chi connectivity index (χ3v) is 5.16. The van der Waals surface area contributed by atoms with Crippen LogP contribution in [0.25, 0.3) is 6.08 Å². The van der Waals surface area contributed by atoms with E-state index in [9.17, 15) is 13.2 Å². The SMILES string of the molecule is O=C(C=Cc1cccc(Cl)c1)OCCN=C1NS(=O)(=O)c2ccccc21. The number of halogens is 1. The summed E-state index contributed by atoms with van der Waals surface area (Å²) in [6.07, 6.45) is 2.90. The van der Waals surface area contributed by atoms with E-state index in [-0.39, 0.29) is 23.9 Å². The molecule has 0 bridgehead atoms. The molecule has 1 N–H and O–H groups in total. The topological polar surface area (TPSA) is 84.8 Å². The molecule has 0 fully saturated rings. The zero-order valence-corrected chi connectivity index (χ0v) is 15.1. The number of sulfonamides is 1. The number of nitrogens with zero attached hydrogens (tertiary/aromatic N) is 1. The Kier molecular flexibility index (Phi) is 5.39. The van der Waals surface area contributed by atoms with Gasteiger partial charge in [0.25, 0.3) is 10.0 Å². The van der Waals surface area contributed by atoms with Gasteiger partial charge in [-0.1, -0.05) is 35.9 Å². The highest BCUT2D eigenvalue weighted by Crippen LogP contribution is 2.22. The van der Waals surface area contributed by atoms with Crippen LogP contribution >= 0.6 is 11.6 Å². The summed E-state index contributed by atoms with van der Waals surface area (Å²) in [5.41, 5.74) is 1.30. The number of rotatable bonds is 5. The van der Waals surface area contributed by atoms with Crippen molar-refractivity contribution in [2.24, 2.45) is 4.99 Å². The van der Waals surface area contributed by atoms with Gasteiger partial charge in [-0.25, -0.2) is 13.2 Å². The quantitative estimate of drug-likeness (QED) is 0.483. The molecule has 0 saturated carbocycles. The van der Waals surface area contributed by atoms with E-state index in [0.29, 0.717) is 10.6 Å². The normalized spacial score (nSPS) is 16.4. The van der Waals surface area contributed by atoms with Crippen LogP contribution in [0.4, 0.5) is 0 Å². The van der Waals surface area contributed by atoms with E-state index in [1.807, 2.05) is 6.07 Å². The lowest BCUT2D eigenvalue weighted by molar-refractivity contribution is -0.137. The highest BCUT2D eigenvalue weighted by molar-refractivity contribution is 7.90. The minimum absolute atomic E-state index is 0.0338. The number of nitrogens with one attached hydrogen (secondary N) is 1. The third kappa shape index (κ3) is 4.30. The van der Waals surface area contributed by atoms with Crippen LogP contribution in [0.3, 0.4) is 0 Å². The van der Waals surface area contributed by atoms with Crippen LogP contribution in [0.15, 0.2) is 64.5 Å². The van der Waals surface area contributed by atoms with Gasteiger partial charge < -0.3 is 4.74 Å². The monoisotopic (exact) mass is 390 g/mol. The van der Waals surface area contributed by atoms with Crippen LogP contribution in [-0.2, 0) is 19.6 Å². The second-order valence-electron chi connectivity index (χ2n) is 5.39. The molecule has 0 spiro atoms. The first kappa shape index (κ1) is 18.2. The molecule has 26 heavy (non-hydrogen) atoms. The first-order chi connectivity index (χ1) is 12.5. The van der Waals surface area contributed by atoms with Crippen LogP contribution < -0.4 is 4.72 Å². The number of amidine groups is 1. The van der Waals surface area contributed by atoms with Crippen molar-refractivity contribution in [1.82, 2.24) is 4.72 Å². The second-order valence-corrected chi connectivity index (χ2v) is 7.48. The molecular weight excluding hydrogens is 376 g/mol. The molecule has 0 aliphatic carbocycles. The summed E-state index contributed by atoms with van der Waals surface area (Å²) in [6.45, 7) is 0.176. The minimum Gasteiger partial charge on any atom is -0.461 e. The van der Waals surface area contributed by atoms with Crippen molar-refractivity contribution in [1.29, 1.82) is 0 Å². The number of hydrogen-bond acceptors (Lipinski definition) is 5. The molecular formula is C18H15ClN2O4S. The first-order valence-electron chi connectivity index (χ1n) is 7.73. The fourth-order valence-electron chi connectivity index (χ4n) is 2.38. The summed E-state index contributed by atoms with van der Waals surface area (Å²) in [5, 5.41) is 0.579. The highest BCUT2D eigenvalue weighted by atomic mass is 35.5. The lowest BCUT2D eigenvalue weighted by atomic mass is 10.2. The predicted molar refractivity (Wildman–Crippen MR) is 99.6 cm³/mol. The molecule has 8 heteroatoms. The highest BCUT2D eigenvalue weighted by Gasteiger charge is 2.29. The van der Waals surface area contributed by atoms with Gasteiger partial charge >= 0.3 is 5.97 Å². The van der Waals surface area contributed by atoms with Crippen molar-refractivity contribution in [3.8, 4) is 0 Å². The van der Waals surface area contributed by atoms with Crippen LogP contribution in [0.5, 0.6) is 0 Å². The zero-order chi connectivity index (χ0) is 18.6. The smallest absolute Gasteiger partial charge is 0.330 e. The minimum atomic E-state index is -3.56. The predicted octanol–water partition coefficient (Wildman–Crippen LogP) is 2.64. The second kappa shape index (κ2) is 7.72. The Morgan fingerprint density at radius 1 is 1.19 bits per heavy atom. The van der Waals surface area contributed by atoms with Crippen molar-refractivity contribution in [3.63, 3.8) is 0 Å². The van der Waals surface area contributed by atoms with E-state index in [2.05, 4.69) is 9.71 Å². The number of fused-ring (bicyclic) bond motifs is 1. The number of carbonyl (C=O) groups is 1. The zero-order valence-electron chi connectivity index (χ0n) is 13.6.